The lowest BCUT2D eigenvalue weighted by Crippen LogP contribution is -1.99. The van der Waals surface area contributed by atoms with Crippen molar-refractivity contribution < 1.29 is 9.90 Å². The van der Waals surface area contributed by atoms with E-state index in [1.165, 1.54) is 0 Å². The van der Waals surface area contributed by atoms with Crippen LogP contribution in [0.4, 0.5) is 0 Å². The molecule has 0 saturated heterocycles. The third kappa shape index (κ3) is 2.73. The van der Waals surface area contributed by atoms with Gasteiger partial charge in [0.2, 0.25) is 0 Å². The third-order valence-electron chi connectivity index (χ3n) is 1.47. The average Bonchev–Trinajstić information content (AvgIpc) is 2.03. The minimum atomic E-state index is -0.900. The molecule has 0 bridgehead atoms. The van der Waals surface area contributed by atoms with Gasteiger partial charge in [0, 0.05) is 5.69 Å². The molecule has 0 atom stereocenters. The number of pyridine rings is 1. The summed E-state index contributed by atoms with van der Waals surface area (Å²) in [6.45, 7) is 3.81. The predicted octanol–water partition coefficient (Wildman–Crippen LogP) is 2.20. The smallest absolute Gasteiger partial charge is 0.335 e. The molecule has 1 rings (SSSR count). The zero-order chi connectivity index (χ0) is 9.84. The molecule has 1 aromatic heterocycles. The molecule has 0 aliphatic rings. The second-order valence-corrected chi connectivity index (χ2v) is 3.86. The Morgan fingerprint density at radius 2 is 2.31 bits per heavy atom. The monoisotopic (exact) mass is 197 g/mol. The molecule has 1 aromatic rings. The highest BCUT2D eigenvalue weighted by molar-refractivity contribution is 7.99. The van der Waals surface area contributed by atoms with Crippen LogP contribution < -0.4 is 0 Å². The van der Waals surface area contributed by atoms with Crippen LogP contribution in [0.2, 0.25) is 0 Å². The van der Waals surface area contributed by atoms with Gasteiger partial charge in [-0.15, -0.1) is 11.8 Å². The molecule has 0 saturated carbocycles. The lowest BCUT2D eigenvalue weighted by atomic mass is 10.2. The number of hydrogen-bond donors (Lipinski definition) is 1. The first-order chi connectivity index (χ1) is 6.13. The highest BCUT2D eigenvalue weighted by atomic mass is 32.2. The van der Waals surface area contributed by atoms with Gasteiger partial charge >= 0.3 is 5.97 Å². The zero-order valence-electron chi connectivity index (χ0n) is 7.57. The van der Waals surface area contributed by atoms with Crippen molar-refractivity contribution >= 4 is 17.7 Å². The topological polar surface area (TPSA) is 50.2 Å². The summed E-state index contributed by atoms with van der Waals surface area (Å²) >= 11 is 1.55. The van der Waals surface area contributed by atoms with Crippen molar-refractivity contribution in [3.05, 3.63) is 23.4 Å². The van der Waals surface area contributed by atoms with E-state index in [9.17, 15) is 4.79 Å². The minimum absolute atomic E-state index is 0.309. The summed E-state index contributed by atoms with van der Waals surface area (Å²) in [5, 5.41) is 9.54. The van der Waals surface area contributed by atoms with Gasteiger partial charge in [-0.2, -0.15) is 0 Å². The molecule has 1 heterocycles. The molecule has 0 fully saturated rings. The Bertz CT molecular complexity index is 325. The Kier molecular flexibility index (Phi) is 3.31. The number of rotatable bonds is 3. The highest BCUT2D eigenvalue weighted by Crippen LogP contribution is 2.17. The van der Waals surface area contributed by atoms with Crippen molar-refractivity contribution in [2.75, 3.05) is 5.75 Å². The normalized spacial score (nSPS) is 10.0. The number of aromatic carboxylic acids is 1. The maximum Gasteiger partial charge on any atom is 0.335 e. The first kappa shape index (κ1) is 10.1. The molecule has 0 aliphatic heterocycles. The van der Waals surface area contributed by atoms with Gasteiger partial charge in [-0.05, 0) is 24.8 Å². The van der Waals surface area contributed by atoms with Gasteiger partial charge in [0.05, 0.1) is 10.6 Å². The van der Waals surface area contributed by atoms with Gasteiger partial charge in [-0.25, -0.2) is 9.78 Å². The van der Waals surface area contributed by atoms with E-state index >= 15 is 0 Å². The SMILES string of the molecule is CCSc1cc(C(=O)O)cc(C)n1. The summed E-state index contributed by atoms with van der Waals surface area (Å²) in [5.41, 5.74) is 1.05. The number of aromatic nitrogens is 1. The second-order valence-electron chi connectivity index (χ2n) is 2.57. The lowest BCUT2D eigenvalue weighted by molar-refractivity contribution is 0.0696. The third-order valence-corrected chi connectivity index (χ3v) is 2.26. The van der Waals surface area contributed by atoms with Crippen molar-refractivity contribution in [2.45, 2.75) is 18.9 Å². The summed E-state index contributed by atoms with van der Waals surface area (Å²) in [6, 6.07) is 3.17. The van der Waals surface area contributed by atoms with Crippen molar-refractivity contribution in [3.63, 3.8) is 0 Å². The van der Waals surface area contributed by atoms with Gasteiger partial charge in [0.25, 0.3) is 0 Å². The summed E-state index contributed by atoms with van der Waals surface area (Å²) in [6.07, 6.45) is 0. The van der Waals surface area contributed by atoms with Crippen LogP contribution in [0.5, 0.6) is 0 Å². The Hall–Kier alpha value is -1.03. The number of carbonyl (C=O) groups is 1. The van der Waals surface area contributed by atoms with Crippen molar-refractivity contribution in [1.82, 2.24) is 4.98 Å². The van der Waals surface area contributed by atoms with Crippen LogP contribution in [0.3, 0.4) is 0 Å². The van der Waals surface area contributed by atoms with Crippen LogP contribution in [0, 0.1) is 6.92 Å². The van der Waals surface area contributed by atoms with E-state index in [4.69, 9.17) is 5.11 Å². The van der Waals surface area contributed by atoms with Crippen molar-refractivity contribution in [1.29, 1.82) is 0 Å². The van der Waals surface area contributed by atoms with Crippen molar-refractivity contribution in [2.24, 2.45) is 0 Å². The van der Waals surface area contributed by atoms with Gasteiger partial charge in [-0.3, -0.25) is 0 Å². The van der Waals surface area contributed by atoms with E-state index in [1.54, 1.807) is 30.8 Å². The molecule has 0 amide bonds. The second kappa shape index (κ2) is 4.28. The Balaban J connectivity index is 3.03. The van der Waals surface area contributed by atoms with E-state index in [1.807, 2.05) is 6.92 Å². The van der Waals surface area contributed by atoms with Crippen LogP contribution in [-0.4, -0.2) is 21.8 Å². The van der Waals surface area contributed by atoms with Gasteiger partial charge in [0.15, 0.2) is 0 Å². The molecule has 1 N–H and O–H groups in total. The van der Waals surface area contributed by atoms with Crippen LogP contribution in [0.15, 0.2) is 17.2 Å². The maximum atomic E-state index is 10.7. The molecule has 13 heavy (non-hydrogen) atoms. The number of aryl methyl sites for hydroxylation is 1. The van der Waals surface area contributed by atoms with Gasteiger partial charge in [-0.1, -0.05) is 6.92 Å². The van der Waals surface area contributed by atoms with E-state index < -0.39 is 5.97 Å². The van der Waals surface area contributed by atoms with E-state index in [-0.39, 0.29) is 0 Å². The standard InChI is InChI=1S/C9H11NO2S/c1-3-13-8-5-7(9(11)12)4-6(2)10-8/h4-5H,3H2,1-2H3,(H,11,12). The number of carboxylic acid groups (broad SMARTS) is 1. The molecule has 0 unspecified atom stereocenters. The summed E-state index contributed by atoms with van der Waals surface area (Å²) in [7, 11) is 0. The Morgan fingerprint density at radius 1 is 1.62 bits per heavy atom. The number of hydrogen-bond acceptors (Lipinski definition) is 3. The Labute approximate surface area is 81.2 Å². The fourth-order valence-corrected chi connectivity index (χ4v) is 1.70. The molecular formula is C9H11NO2S. The fraction of sp³-hybridized carbons (Fsp3) is 0.333. The summed E-state index contributed by atoms with van der Waals surface area (Å²) < 4.78 is 0. The van der Waals surface area contributed by atoms with Crippen LogP contribution in [-0.2, 0) is 0 Å². The van der Waals surface area contributed by atoms with E-state index in [2.05, 4.69) is 4.98 Å². The maximum absolute atomic E-state index is 10.7. The predicted molar refractivity (Wildman–Crippen MR) is 52.3 cm³/mol. The van der Waals surface area contributed by atoms with E-state index in [0.29, 0.717) is 5.56 Å². The molecular weight excluding hydrogens is 186 g/mol. The molecule has 0 spiro atoms. The first-order valence-electron chi connectivity index (χ1n) is 3.98. The lowest BCUT2D eigenvalue weighted by Gasteiger charge is -2.01. The van der Waals surface area contributed by atoms with Crippen molar-refractivity contribution in [3.8, 4) is 0 Å². The number of nitrogens with zero attached hydrogens (tertiary/aromatic N) is 1. The largest absolute Gasteiger partial charge is 0.478 e. The van der Waals surface area contributed by atoms with Gasteiger partial charge < -0.3 is 5.11 Å². The molecule has 4 heteroatoms. The van der Waals surface area contributed by atoms with Crippen LogP contribution >= 0.6 is 11.8 Å². The summed E-state index contributed by atoms with van der Waals surface area (Å²) in [4.78, 5) is 14.9. The van der Waals surface area contributed by atoms with E-state index in [0.717, 1.165) is 16.5 Å². The molecule has 0 aliphatic carbocycles. The Morgan fingerprint density at radius 3 is 2.85 bits per heavy atom. The molecule has 3 nitrogen and oxygen atoms in total. The number of carboxylic acids is 1. The molecule has 0 radical (unpaired) electrons. The zero-order valence-corrected chi connectivity index (χ0v) is 8.39. The minimum Gasteiger partial charge on any atom is -0.478 e. The molecule has 70 valence electrons. The summed E-state index contributed by atoms with van der Waals surface area (Å²) in [5.74, 6) is -0.00125. The first-order valence-corrected chi connectivity index (χ1v) is 4.97. The average molecular weight is 197 g/mol. The number of thioether (sulfide) groups is 1. The highest BCUT2D eigenvalue weighted by Gasteiger charge is 2.05. The fourth-order valence-electron chi connectivity index (χ4n) is 0.983. The van der Waals surface area contributed by atoms with Gasteiger partial charge in [0.1, 0.15) is 0 Å². The van der Waals surface area contributed by atoms with Crippen LogP contribution in [0.1, 0.15) is 23.0 Å². The molecule has 0 aromatic carbocycles. The quantitative estimate of drug-likeness (QED) is 0.755. The van der Waals surface area contributed by atoms with Crippen LogP contribution in [0.25, 0.3) is 0 Å².